The van der Waals surface area contributed by atoms with Crippen LogP contribution in [0.2, 0.25) is 0 Å². The SMILES string of the molecule is Cc1nc(CNC(=O)c2ccc3c(c2)CNCCCCCCCN3C(=O)c2cccnc2)no1. The number of hydrogen-bond donors (Lipinski definition) is 2. The van der Waals surface area contributed by atoms with Gasteiger partial charge in [0.05, 0.1) is 12.1 Å². The van der Waals surface area contributed by atoms with Gasteiger partial charge in [-0.3, -0.25) is 14.6 Å². The molecule has 2 amide bonds. The van der Waals surface area contributed by atoms with Gasteiger partial charge in [-0.05, 0) is 55.3 Å². The minimum atomic E-state index is -0.235. The molecule has 0 radical (unpaired) electrons. The van der Waals surface area contributed by atoms with Crippen molar-refractivity contribution in [3.05, 3.63) is 71.1 Å². The van der Waals surface area contributed by atoms with Crippen LogP contribution in [-0.4, -0.2) is 40.0 Å². The van der Waals surface area contributed by atoms with Crippen molar-refractivity contribution in [1.29, 1.82) is 0 Å². The predicted molar refractivity (Wildman–Crippen MR) is 127 cm³/mol. The third kappa shape index (κ3) is 6.05. The summed E-state index contributed by atoms with van der Waals surface area (Å²) in [6.45, 7) is 3.95. The van der Waals surface area contributed by atoms with Gasteiger partial charge in [-0.25, -0.2) is 0 Å². The fourth-order valence-electron chi connectivity index (χ4n) is 4.06. The summed E-state index contributed by atoms with van der Waals surface area (Å²) in [6, 6.07) is 9.03. The molecule has 4 rings (SSSR count). The van der Waals surface area contributed by atoms with E-state index in [1.807, 2.05) is 17.0 Å². The van der Waals surface area contributed by atoms with Crippen LogP contribution < -0.4 is 15.5 Å². The Labute approximate surface area is 199 Å². The summed E-state index contributed by atoms with van der Waals surface area (Å²) in [5.41, 5.74) is 2.78. The minimum Gasteiger partial charge on any atom is -0.345 e. The highest BCUT2D eigenvalue weighted by Crippen LogP contribution is 2.26. The number of hydrogen-bond acceptors (Lipinski definition) is 7. The normalized spacial score (nSPS) is 15.0. The Morgan fingerprint density at radius 3 is 2.76 bits per heavy atom. The van der Waals surface area contributed by atoms with E-state index in [0.717, 1.165) is 49.9 Å². The van der Waals surface area contributed by atoms with Crippen molar-refractivity contribution >= 4 is 17.5 Å². The molecular formula is C25H30N6O3. The van der Waals surface area contributed by atoms with Gasteiger partial charge in [-0.1, -0.05) is 24.4 Å². The lowest BCUT2D eigenvalue weighted by molar-refractivity contribution is 0.0948. The molecule has 0 fully saturated rings. The molecule has 0 aliphatic carbocycles. The summed E-state index contributed by atoms with van der Waals surface area (Å²) < 4.78 is 4.95. The topological polar surface area (TPSA) is 113 Å². The maximum Gasteiger partial charge on any atom is 0.259 e. The van der Waals surface area contributed by atoms with Crippen LogP contribution in [0.25, 0.3) is 0 Å². The third-order valence-corrected chi connectivity index (χ3v) is 5.81. The van der Waals surface area contributed by atoms with Crippen LogP contribution in [0.1, 0.15) is 70.1 Å². The lowest BCUT2D eigenvalue weighted by Gasteiger charge is -2.26. The average Bonchev–Trinajstić information content (AvgIpc) is 3.28. The van der Waals surface area contributed by atoms with Crippen molar-refractivity contribution in [2.45, 2.75) is 52.1 Å². The number of aromatic nitrogens is 3. The summed E-state index contributed by atoms with van der Waals surface area (Å²) in [5, 5.41) is 10.1. The van der Waals surface area contributed by atoms with Gasteiger partial charge >= 0.3 is 0 Å². The number of rotatable bonds is 4. The van der Waals surface area contributed by atoms with Gasteiger partial charge in [0.1, 0.15) is 0 Å². The number of nitrogens with zero attached hydrogens (tertiary/aromatic N) is 4. The van der Waals surface area contributed by atoms with Crippen LogP contribution in [0.5, 0.6) is 0 Å². The molecule has 1 aromatic carbocycles. The largest absolute Gasteiger partial charge is 0.345 e. The van der Waals surface area contributed by atoms with Gasteiger partial charge in [0.2, 0.25) is 5.89 Å². The zero-order valence-corrected chi connectivity index (χ0v) is 19.4. The number of pyridine rings is 1. The van der Waals surface area contributed by atoms with Crippen molar-refractivity contribution in [1.82, 2.24) is 25.8 Å². The molecule has 9 nitrogen and oxygen atoms in total. The maximum absolute atomic E-state index is 13.4. The first kappa shape index (κ1) is 23.6. The Morgan fingerprint density at radius 1 is 1.12 bits per heavy atom. The van der Waals surface area contributed by atoms with E-state index in [9.17, 15) is 9.59 Å². The number of carbonyl (C=O) groups excluding carboxylic acids is 2. The van der Waals surface area contributed by atoms with Crippen LogP contribution >= 0.6 is 0 Å². The van der Waals surface area contributed by atoms with Gasteiger partial charge in [-0.15, -0.1) is 0 Å². The monoisotopic (exact) mass is 462 g/mol. The Kier molecular flexibility index (Phi) is 7.98. The molecule has 3 aromatic rings. The molecule has 0 unspecified atom stereocenters. The summed E-state index contributed by atoms with van der Waals surface area (Å²) in [5.74, 6) is 0.554. The molecule has 2 aromatic heterocycles. The first-order valence-corrected chi connectivity index (χ1v) is 11.7. The van der Waals surface area contributed by atoms with Crippen molar-refractivity contribution in [2.75, 3.05) is 18.0 Å². The van der Waals surface area contributed by atoms with Crippen molar-refractivity contribution in [3.8, 4) is 0 Å². The van der Waals surface area contributed by atoms with E-state index in [1.54, 1.807) is 37.5 Å². The number of fused-ring (bicyclic) bond motifs is 1. The smallest absolute Gasteiger partial charge is 0.259 e. The second kappa shape index (κ2) is 11.5. The van der Waals surface area contributed by atoms with Crippen LogP contribution in [0, 0.1) is 6.92 Å². The molecule has 3 heterocycles. The fourth-order valence-corrected chi connectivity index (χ4v) is 4.06. The number of nitrogens with one attached hydrogen (secondary N) is 2. The molecule has 0 saturated heterocycles. The van der Waals surface area contributed by atoms with Crippen molar-refractivity contribution in [3.63, 3.8) is 0 Å². The van der Waals surface area contributed by atoms with E-state index in [0.29, 0.717) is 35.9 Å². The van der Waals surface area contributed by atoms with E-state index in [2.05, 4.69) is 25.8 Å². The highest BCUT2D eigenvalue weighted by molar-refractivity contribution is 6.06. The van der Waals surface area contributed by atoms with Crippen LogP contribution in [0.4, 0.5) is 5.69 Å². The maximum atomic E-state index is 13.4. The molecule has 0 saturated carbocycles. The minimum absolute atomic E-state index is 0.0870. The third-order valence-electron chi connectivity index (χ3n) is 5.81. The molecule has 0 atom stereocenters. The standard InChI is InChI=1S/C25H30N6O3/c1-18-29-23(30-34-18)17-28-24(32)19-9-10-22-21(14-19)16-26-11-5-3-2-4-6-13-31(22)25(33)20-8-7-12-27-15-20/h7-10,12,14-15,26H,2-6,11,13,16-17H2,1H3,(H,28,32). The number of anilines is 1. The second-order valence-corrected chi connectivity index (χ2v) is 8.40. The summed E-state index contributed by atoms with van der Waals surface area (Å²) in [4.78, 5) is 36.3. The Hall–Kier alpha value is -3.59. The zero-order chi connectivity index (χ0) is 23.8. The first-order valence-electron chi connectivity index (χ1n) is 11.7. The van der Waals surface area contributed by atoms with Gasteiger partial charge in [0.15, 0.2) is 5.82 Å². The van der Waals surface area contributed by atoms with Crippen LogP contribution in [0.15, 0.2) is 47.2 Å². The van der Waals surface area contributed by atoms with Crippen LogP contribution in [0.3, 0.4) is 0 Å². The molecule has 2 N–H and O–H groups in total. The molecule has 1 aliphatic rings. The highest BCUT2D eigenvalue weighted by Gasteiger charge is 2.22. The van der Waals surface area contributed by atoms with E-state index < -0.39 is 0 Å². The zero-order valence-electron chi connectivity index (χ0n) is 19.4. The summed E-state index contributed by atoms with van der Waals surface area (Å²) in [6.07, 6.45) is 8.67. The molecule has 178 valence electrons. The number of amides is 2. The first-order chi connectivity index (χ1) is 16.6. The molecule has 0 spiro atoms. The summed E-state index contributed by atoms with van der Waals surface area (Å²) in [7, 11) is 0. The Morgan fingerprint density at radius 2 is 1.97 bits per heavy atom. The van der Waals surface area contributed by atoms with E-state index in [-0.39, 0.29) is 18.4 Å². The molecule has 0 bridgehead atoms. The molecule has 1 aliphatic heterocycles. The van der Waals surface area contributed by atoms with Gasteiger partial charge in [0, 0.05) is 43.7 Å². The number of aryl methyl sites for hydroxylation is 1. The van der Waals surface area contributed by atoms with Gasteiger partial charge in [-0.2, -0.15) is 4.98 Å². The highest BCUT2D eigenvalue weighted by atomic mass is 16.5. The van der Waals surface area contributed by atoms with Crippen LogP contribution in [-0.2, 0) is 13.1 Å². The predicted octanol–water partition coefficient (Wildman–Crippen LogP) is 3.40. The summed E-state index contributed by atoms with van der Waals surface area (Å²) >= 11 is 0. The van der Waals surface area contributed by atoms with E-state index in [4.69, 9.17) is 4.52 Å². The quantitative estimate of drug-likeness (QED) is 0.611. The fraction of sp³-hybridized carbons (Fsp3) is 0.400. The number of carbonyl (C=O) groups is 2. The van der Waals surface area contributed by atoms with Gasteiger partial charge < -0.3 is 20.1 Å². The van der Waals surface area contributed by atoms with E-state index >= 15 is 0 Å². The molecule has 9 heteroatoms. The van der Waals surface area contributed by atoms with Crippen molar-refractivity contribution in [2.24, 2.45) is 0 Å². The van der Waals surface area contributed by atoms with E-state index in [1.165, 1.54) is 0 Å². The second-order valence-electron chi connectivity index (χ2n) is 8.40. The average molecular weight is 463 g/mol. The lowest BCUT2D eigenvalue weighted by atomic mass is 10.0. The van der Waals surface area contributed by atoms with Crippen molar-refractivity contribution < 1.29 is 14.1 Å². The van der Waals surface area contributed by atoms with Gasteiger partial charge in [0.25, 0.3) is 11.8 Å². The number of benzene rings is 1. The lowest BCUT2D eigenvalue weighted by Crippen LogP contribution is -2.34. The Balaban J connectivity index is 1.60. The molecule has 34 heavy (non-hydrogen) atoms. The Bertz CT molecular complexity index is 1110. The molecular weight excluding hydrogens is 432 g/mol.